The highest BCUT2D eigenvalue weighted by atomic mass is 35.5. The normalized spacial score (nSPS) is 13.1. The number of ether oxygens (including phenoxy) is 1. The Kier molecular flexibility index (Phi) is 5.92. The highest BCUT2D eigenvalue weighted by molar-refractivity contribution is 6.31. The number of halogens is 3. The van der Waals surface area contributed by atoms with Crippen molar-refractivity contribution < 1.29 is 23.4 Å². The van der Waals surface area contributed by atoms with Crippen LogP contribution in [0.25, 0.3) is 0 Å². The lowest BCUT2D eigenvalue weighted by Crippen LogP contribution is -2.39. The number of hydrogen-bond acceptors (Lipinski definition) is 3. The van der Waals surface area contributed by atoms with Crippen LogP contribution in [0, 0.1) is 5.41 Å². The Labute approximate surface area is 127 Å². The third-order valence-corrected chi connectivity index (χ3v) is 3.09. The number of nitrogens with one attached hydrogen (secondary N) is 1. The van der Waals surface area contributed by atoms with Crippen LogP contribution < -0.4 is 10.1 Å². The molecule has 1 aromatic rings. The predicted molar refractivity (Wildman–Crippen MR) is 75.9 cm³/mol. The zero-order valence-electron chi connectivity index (χ0n) is 12.0. The molecule has 0 spiro atoms. The van der Waals surface area contributed by atoms with Gasteiger partial charge in [-0.3, -0.25) is 4.79 Å². The van der Waals surface area contributed by atoms with Gasteiger partial charge in [-0.25, -0.2) is 0 Å². The molecule has 0 saturated carbocycles. The molecule has 1 atom stereocenters. The van der Waals surface area contributed by atoms with Crippen LogP contribution in [0.3, 0.4) is 0 Å². The minimum Gasteiger partial charge on any atom is -0.434 e. The third-order valence-electron chi connectivity index (χ3n) is 2.86. The zero-order chi connectivity index (χ0) is 16.2. The van der Waals surface area contributed by atoms with Crippen molar-refractivity contribution in [3.63, 3.8) is 0 Å². The van der Waals surface area contributed by atoms with E-state index in [2.05, 4.69) is 10.1 Å². The molecular weight excluding hydrogens is 304 g/mol. The number of benzene rings is 1. The molecule has 0 aliphatic heterocycles. The van der Waals surface area contributed by atoms with Crippen LogP contribution in [-0.2, 0) is 0 Å². The molecule has 0 aliphatic carbocycles. The maximum Gasteiger partial charge on any atom is 0.387 e. The van der Waals surface area contributed by atoms with E-state index in [0.29, 0.717) is 0 Å². The first-order valence-electron chi connectivity index (χ1n) is 6.32. The van der Waals surface area contributed by atoms with Crippen LogP contribution in [0.1, 0.15) is 31.1 Å². The molecule has 4 nitrogen and oxygen atoms in total. The standard InChI is InChI=1S/C14H18ClF2NO3/c1-14(2,3)11(19)7-18-12(20)9-6-8(15)4-5-10(9)21-13(16)17/h4-6,11,13,19H,7H2,1-3H3,(H,18,20). The van der Waals surface area contributed by atoms with Gasteiger partial charge in [-0.15, -0.1) is 0 Å². The number of carbonyl (C=O) groups is 1. The molecule has 2 N–H and O–H groups in total. The fourth-order valence-corrected chi connectivity index (χ4v) is 1.64. The number of aliphatic hydroxyl groups excluding tert-OH is 1. The van der Waals surface area contributed by atoms with Gasteiger partial charge in [0, 0.05) is 11.6 Å². The highest BCUT2D eigenvalue weighted by Crippen LogP contribution is 2.25. The van der Waals surface area contributed by atoms with Gasteiger partial charge in [0.15, 0.2) is 0 Å². The van der Waals surface area contributed by atoms with Crippen molar-refractivity contribution in [3.05, 3.63) is 28.8 Å². The Bertz CT molecular complexity index is 503. The maximum absolute atomic E-state index is 12.3. The average molecular weight is 322 g/mol. The van der Waals surface area contributed by atoms with Crippen molar-refractivity contribution in [1.82, 2.24) is 5.32 Å². The molecule has 0 bridgehead atoms. The van der Waals surface area contributed by atoms with Gasteiger partial charge in [0.1, 0.15) is 5.75 Å². The van der Waals surface area contributed by atoms with Gasteiger partial charge in [0.2, 0.25) is 0 Å². The van der Waals surface area contributed by atoms with Crippen molar-refractivity contribution >= 4 is 17.5 Å². The van der Waals surface area contributed by atoms with Gasteiger partial charge < -0.3 is 15.2 Å². The highest BCUT2D eigenvalue weighted by Gasteiger charge is 2.23. The van der Waals surface area contributed by atoms with Crippen LogP contribution in [0.4, 0.5) is 8.78 Å². The van der Waals surface area contributed by atoms with E-state index in [0.717, 1.165) is 0 Å². The first-order chi connectivity index (χ1) is 9.61. The smallest absolute Gasteiger partial charge is 0.387 e. The van der Waals surface area contributed by atoms with Gasteiger partial charge in [-0.05, 0) is 23.6 Å². The van der Waals surface area contributed by atoms with Gasteiger partial charge in [0.05, 0.1) is 11.7 Å². The Morgan fingerprint density at radius 2 is 2.05 bits per heavy atom. The molecule has 0 saturated heterocycles. The number of alkyl halides is 2. The third kappa shape index (κ3) is 5.47. The van der Waals surface area contributed by atoms with Crippen molar-refractivity contribution in [2.45, 2.75) is 33.5 Å². The number of hydrogen-bond donors (Lipinski definition) is 2. The second-order valence-electron chi connectivity index (χ2n) is 5.61. The van der Waals surface area contributed by atoms with E-state index in [1.54, 1.807) is 0 Å². The van der Waals surface area contributed by atoms with Crippen molar-refractivity contribution in [1.29, 1.82) is 0 Å². The number of amides is 1. The molecule has 1 unspecified atom stereocenters. The lowest BCUT2D eigenvalue weighted by atomic mass is 9.89. The van der Waals surface area contributed by atoms with E-state index < -0.39 is 24.0 Å². The molecule has 0 fully saturated rings. The summed E-state index contributed by atoms with van der Waals surface area (Å²) >= 11 is 5.76. The Hall–Kier alpha value is -1.40. The summed E-state index contributed by atoms with van der Waals surface area (Å²) in [7, 11) is 0. The predicted octanol–water partition coefficient (Wildman–Crippen LogP) is 3.08. The topological polar surface area (TPSA) is 58.6 Å². The summed E-state index contributed by atoms with van der Waals surface area (Å²) < 4.78 is 28.9. The van der Waals surface area contributed by atoms with Crippen molar-refractivity contribution in [3.8, 4) is 5.75 Å². The fraction of sp³-hybridized carbons (Fsp3) is 0.500. The molecule has 1 rings (SSSR count). The molecule has 0 aliphatic rings. The first kappa shape index (κ1) is 17.7. The molecule has 0 radical (unpaired) electrons. The summed E-state index contributed by atoms with van der Waals surface area (Å²) in [5.41, 5.74) is -0.520. The van der Waals surface area contributed by atoms with Gasteiger partial charge in [-0.1, -0.05) is 32.4 Å². The molecule has 7 heteroatoms. The van der Waals surface area contributed by atoms with E-state index in [9.17, 15) is 18.7 Å². The van der Waals surface area contributed by atoms with E-state index in [-0.39, 0.29) is 22.9 Å². The van der Waals surface area contributed by atoms with E-state index in [1.807, 2.05) is 20.8 Å². The summed E-state index contributed by atoms with van der Waals surface area (Å²) in [5.74, 6) is -0.909. The monoisotopic (exact) mass is 321 g/mol. The molecule has 1 amide bonds. The van der Waals surface area contributed by atoms with Crippen LogP contribution in [0.5, 0.6) is 5.75 Å². The zero-order valence-corrected chi connectivity index (χ0v) is 12.7. The minimum absolute atomic E-state index is 0.0109. The fourth-order valence-electron chi connectivity index (χ4n) is 1.47. The van der Waals surface area contributed by atoms with Crippen molar-refractivity contribution in [2.24, 2.45) is 5.41 Å². The lowest BCUT2D eigenvalue weighted by molar-refractivity contribution is -0.0501. The van der Waals surface area contributed by atoms with Crippen LogP contribution in [0.2, 0.25) is 5.02 Å². The van der Waals surface area contributed by atoms with Gasteiger partial charge in [0.25, 0.3) is 5.91 Å². The Morgan fingerprint density at radius 1 is 1.43 bits per heavy atom. The summed E-state index contributed by atoms with van der Waals surface area (Å²) in [6, 6.07) is 3.78. The first-order valence-corrected chi connectivity index (χ1v) is 6.69. The Morgan fingerprint density at radius 3 is 2.57 bits per heavy atom. The molecule has 0 heterocycles. The largest absolute Gasteiger partial charge is 0.434 e. The second kappa shape index (κ2) is 7.04. The molecule has 0 aromatic heterocycles. The van der Waals surface area contributed by atoms with E-state index in [4.69, 9.17) is 11.6 Å². The molecular formula is C14H18ClF2NO3. The SMILES string of the molecule is CC(C)(C)C(O)CNC(=O)c1cc(Cl)ccc1OC(F)F. The lowest BCUT2D eigenvalue weighted by Gasteiger charge is -2.26. The molecule has 118 valence electrons. The van der Waals surface area contributed by atoms with E-state index in [1.165, 1.54) is 18.2 Å². The quantitative estimate of drug-likeness (QED) is 0.876. The summed E-state index contributed by atoms with van der Waals surface area (Å²) in [4.78, 5) is 12.0. The number of carbonyl (C=O) groups excluding carboxylic acids is 1. The van der Waals surface area contributed by atoms with Crippen LogP contribution in [0.15, 0.2) is 18.2 Å². The van der Waals surface area contributed by atoms with Gasteiger partial charge in [-0.2, -0.15) is 8.78 Å². The van der Waals surface area contributed by atoms with Gasteiger partial charge >= 0.3 is 6.61 Å². The molecule has 21 heavy (non-hydrogen) atoms. The maximum atomic E-state index is 12.3. The van der Waals surface area contributed by atoms with Crippen LogP contribution >= 0.6 is 11.6 Å². The van der Waals surface area contributed by atoms with Crippen molar-refractivity contribution in [2.75, 3.05) is 6.54 Å². The second-order valence-corrected chi connectivity index (χ2v) is 6.05. The number of rotatable bonds is 5. The van der Waals surface area contributed by atoms with Crippen LogP contribution in [-0.4, -0.2) is 30.3 Å². The molecule has 1 aromatic carbocycles. The van der Waals surface area contributed by atoms with E-state index >= 15 is 0 Å². The summed E-state index contributed by atoms with van der Waals surface area (Å²) in [6.07, 6.45) is -0.778. The average Bonchev–Trinajstić information content (AvgIpc) is 2.35. The Balaban J connectivity index is 2.84. The minimum atomic E-state index is -3.04. The number of aliphatic hydroxyl groups is 1. The summed E-state index contributed by atoms with van der Waals surface area (Å²) in [5, 5.41) is 12.6. The summed E-state index contributed by atoms with van der Waals surface area (Å²) in [6.45, 7) is 2.39.